The molecule has 8 heteroatoms. The van der Waals surface area contributed by atoms with Gasteiger partial charge < -0.3 is 5.32 Å². The number of nitrogens with one attached hydrogen (secondary N) is 1. The fraction of sp³-hybridized carbons (Fsp3) is 0.167. The van der Waals surface area contributed by atoms with Crippen molar-refractivity contribution in [3.05, 3.63) is 71.8 Å². The Bertz CT molecular complexity index is 950. The molecule has 0 aliphatic rings. The monoisotopic (exact) mass is 383 g/mol. The molecular formula is C18H16F3NO3S. The number of carbonyl (C=O) groups excluding carboxylic acids is 1. The van der Waals surface area contributed by atoms with Crippen LogP contribution in [0.1, 0.15) is 21.5 Å². The number of aryl methyl sites for hydroxylation is 1. The molecule has 0 saturated heterocycles. The number of halogens is 3. The first-order valence-electron chi connectivity index (χ1n) is 7.47. The second-order valence-corrected chi connectivity index (χ2v) is 7.61. The Balaban J connectivity index is 2.34. The normalized spacial score (nSPS) is 11.8. The highest BCUT2D eigenvalue weighted by Gasteiger charge is 2.31. The van der Waals surface area contributed by atoms with E-state index in [1.807, 2.05) is 0 Å². The lowest BCUT2D eigenvalue weighted by Gasteiger charge is -2.12. The number of alkyl halides is 3. The summed E-state index contributed by atoms with van der Waals surface area (Å²) in [7, 11) is -3.59. The second-order valence-electron chi connectivity index (χ2n) is 5.58. The van der Waals surface area contributed by atoms with Crippen molar-refractivity contribution in [3.8, 4) is 0 Å². The Hall–Kier alpha value is -2.61. The SMILES string of the molecule is C=CCS(=O)(=O)c1ccc(C)c(NC(=O)c2cccc(C(F)(F)F)c2)c1. The van der Waals surface area contributed by atoms with Crippen molar-refractivity contribution in [1.82, 2.24) is 0 Å². The number of benzene rings is 2. The van der Waals surface area contributed by atoms with Crippen LogP contribution in [0.15, 0.2) is 60.0 Å². The first-order chi connectivity index (χ1) is 12.0. The van der Waals surface area contributed by atoms with Crippen LogP contribution in [0.4, 0.5) is 18.9 Å². The summed E-state index contributed by atoms with van der Waals surface area (Å²) < 4.78 is 62.5. The average molecular weight is 383 g/mol. The van der Waals surface area contributed by atoms with E-state index < -0.39 is 27.5 Å². The Morgan fingerprint density at radius 3 is 2.50 bits per heavy atom. The zero-order chi connectivity index (χ0) is 19.5. The van der Waals surface area contributed by atoms with Crippen LogP contribution in [-0.2, 0) is 16.0 Å². The summed E-state index contributed by atoms with van der Waals surface area (Å²) in [5.41, 5.74) is -0.344. The zero-order valence-electron chi connectivity index (χ0n) is 13.8. The van der Waals surface area contributed by atoms with E-state index in [2.05, 4.69) is 11.9 Å². The van der Waals surface area contributed by atoms with Crippen LogP contribution in [0.2, 0.25) is 0 Å². The van der Waals surface area contributed by atoms with E-state index in [1.54, 1.807) is 6.92 Å². The molecule has 0 aliphatic carbocycles. The summed E-state index contributed by atoms with van der Waals surface area (Å²) in [6.45, 7) is 5.03. The van der Waals surface area contributed by atoms with E-state index >= 15 is 0 Å². The average Bonchev–Trinajstić information content (AvgIpc) is 2.56. The molecule has 0 atom stereocenters. The van der Waals surface area contributed by atoms with Crippen molar-refractivity contribution in [3.63, 3.8) is 0 Å². The van der Waals surface area contributed by atoms with Gasteiger partial charge in [0.15, 0.2) is 9.84 Å². The molecule has 0 unspecified atom stereocenters. The topological polar surface area (TPSA) is 63.2 Å². The van der Waals surface area contributed by atoms with E-state index in [1.165, 1.54) is 30.3 Å². The minimum Gasteiger partial charge on any atom is -0.322 e. The minimum atomic E-state index is -4.56. The molecule has 0 aliphatic heterocycles. The van der Waals surface area contributed by atoms with Crippen molar-refractivity contribution < 1.29 is 26.4 Å². The van der Waals surface area contributed by atoms with Crippen molar-refractivity contribution in [2.75, 3.05) is 11.1 Å². The van der Waals surface area contributed by atoms with Gasteiger partial charge in [-0.2, -0.15) is 13.2 Å². The minimum absolute atomic E-state index is 0.0117. The standard InChI is InChI=1S/C18H16F3NO3S/c1-3-9-26(24,25)15-8-7-12(2)16(11-15)22-17(23)13-5-4-6-14(10-13)18(19,20)21/h3-8,10-11H,1,9H2,2H3,(H,22,23). The van der Waals surface area contributed by atoms with Gasteiger partial charge in [-0.05, 0) is 42.8 Å². The molecule has 0 saturated carbocycles. The van der Waals surface area contributed by atoms with Gasteiger partial charge in [-0.1, -0.05) is 18.2 Å². The molecule has 2 aromatic rings. The first-order valence-corrected chi connectivity index (χ1v) is 9.13. The van der Waals surface area contributed by atoms with Gasteiger partial charge in [0.1, 0.15) is 0 Å². The highest BCUT2D eigenvalue weighted by atomic mass is 32.2. The lowest BCUT2D eigenvalue weighted by atomic mass is 10.1. The van der Waals surface area contributed by atoms with Crippen molar-refractivity contribution >= 4 is 21.4 Å². The van der Waals surface area contributed by atoms with Gasteiger partial charge in [0.25, 0.3) is 5.91 Å². The van der Waals surface area contributed by atoms with Crippen LogP contribution in [0, 0.1) is 6.92 Å². The van der Waals surface area contributed by atoms with Crippen LogP contribution < -0.4 is 5.32 Å². The lowest BCUT2D eigenvalue weighted by Crippen LogP contribution is -2.15. The molecule has 0 bridgehead atoms. The van der Waals surface area contributed by atoms with Crippen molar-refractivity contribution in [2.24, 2.45) is 0 Å². The molecule has 2 rings (SSSR count). The van der Waals surface area contributed by atoms with Crippen LogP contribution in [-0.4, -0.2) is 20.1 Å². The highest BCUT2D eigenvalue weighted by Crippen LogP contribution is 2.30. The quantitative estimate of drug-likeness (QED) is 0.786. The fourth-order valence-electron chi connectivity index (χ4n) is 2.21. The zero-order valence-corrected chi connectivity index (χ0v) is 14.6. The smallest absolute Gasteiger partial charge is 0.322 e. The largest absolute Gasteiger partial charge is 0.416 e. The van der Waals surface area contributed by atoms with Gasteiger partial charge in [-0.25, -0.2) is 8.42 Å². The molecule has 0 spiro atoms. The number of carbonyl (C=O) groups is 1. The summed E-state index contributed by atoms with van der Waals surface area (Å²) in [5.74, 6) is -1.03. The maximum Gasteiger partial charge on any atom is 0.416 e. The molecule has 0 fully saturated rings. The summed E-state index contributed by atoms with van der Waals surface area (Å²) in [6.07, 6.45) is -3.32. The van der Waals surface area contributed by atoms with E-state index in [4.69, 9.17) is 0 Å². The molecule has 1 N–H and O–H groups in total. The molecule has 2 aromatic carbocycles. The maximum absolute atomic E-state index is 12.8. The van der Waals surface area contributed by atoms with Gasteiger partial charge in [-0.3, -0.25) is 4.79 Å². The fourth-order valence-corrected chi connectivity index (χ4v) is 3.29. The van der Waals surface area contributed by atoms with Gasteiger partial charge >= 0.3 is 6.18 Å². The number of sulfone groups is 1. The number of hydrogen-bond donors (Lipinski definition) is 1. The third kappa shape index (κ3) is 4.51. The Morgan fingerprint density at radius 2 is 1.88 bits per heavy atom. The summed E-state index contributed by atoms with van der Waals surface area (Å²) in [4.78, 5) is 12.3. The van der Waals surface area contributed by atoms with Gasteiger partial charge in [0.2, 0.25) is 0 Å². The van der Waals surface area contributed by atoms with E-state index in [-0.39, 0.29) is 21.9 Å². The molecule has 4 nitrogen and oxygen atoms in total. The lowest BCUT2D eigenvalue weighted by molar-refractivity contribution is -0.137. The third-order valence-corrected chi connectivity index (χ3v) is 5.25. The highest BCUT2D eigenvalue weighted by molar-refractivity contribution is 7.91. The first kappa shape index (κ1) is 19.7. The number of rotatable bonds is 5. The molecule has 0 radical (unpaired) electrons. The predicted octanol–water partition coefficient (Wildman–Crippen LogP) is 4.23. The predicted molar refractivity (Wildman–Crippen MR) is 92.8 cm³/mol. The van der Waals surface area contributed by atoms with Gasteiger partial charge in [0.05, 0.1) is 16.2 Å². The van der Waals surface area contributed by atoms with Crippen molar-refractivity contribution in [2.45, 2.75) is 18.0 Å². The third-order valence-electron chi connectivity index (χ3n) is 3.61. The van der Waals surface area contributed by atoms with Crippen LogP contribution in [0.5, 0.6) is 0 Å². The Labute approximate surface area is 149 Å². The number of hydrogen-bond acceptors (Lipinski definition) is 3. The molecule has 26 heavy (non-hydrogen) atoms. The summed E-state index contributed by atoms with van der Waals surface area (Å²) >= 11 is 0. The Morgan fingerprint density at radius 1 is 1.19 bits per heavy atom. The van der Waals surface area contributed by atoms with Crippen molar-refractivity contribution in [1.29, 1.82) is 0 Å². The number of anilines is 1. The Kier molecular flexibility index (Phi) is 5.56. The molecular weight excluding hydrogens is 367 g/mol. The molecule has 0 aromatic heterocycles. The molecule has 1 amide bonds. The van der Waals surface area contributed by atoms with Crippen LogP contribution >= 0.6 is 0 Å². The number of amides is 1. The van der Waals surface area contributed by atoms with E-state index in [0.29, 0.717) is 5.56 Å². The molecule has 138 valence electrons. The van der Waals surface area contributed by atoms with E-state index in [0.717, 1.165) is 18.2 Å². The second kappa shape index (κ2) is 7.33. The van der Waals surface area contributed by atoms with Crippen LogP contribution in [0.3, 0.4) is 0 Å². The van der Waals surface area contributed by atoms with Crippen LogP contribution in [0.25, 0.3) is 0 Å². The molecule has 0 heterocycles. The van der Waals surface area contributed by atoms with Gasteiger partial charge in [-0.15, -0.1) is 6.58 Å². The summed E-state index contributed by atoms with van der Waals surface area (Å²) in [5, 5.41) is 2.46. The van der Waals surface area contributed by atoms with Gasteiger partial charge in [0, 0.05) is 11.3 Å². The van der Waals surface area contributed by atoms with E-state index in [9.17, 15) is 26.4 Å². The summed E-state index contributed by atoms with van der Waals surface area (Å²) in [6, 6.07) is 8.17. The maximum atomic E-state index is 12.8.